The molecule has 0 unspecified atom stereocenters. The molecular formula is C78H64IrN3-5. The maximum atomic E-state index is 5.18. The fourth-order valence-electron chi connectivity index (χ4n) is 13.7. The van der Waals surface area contributed by atoms with Crippen molar-refractivity contribution in [2.75, 3.05) is 9.80 Å². The van der Waals surface area contributed by atoms with E-state index in [0.29, 0.717) is 0 Å². The molecule has 405 valence electrons. The summed E-state index contributed by atoms with van der Waals surface area (Å²) in [5.41, 5.74) is 26.6. The first kappa shape index (κ1) is 53.2. The molecule has 0 saturated heterocycles. The van der Waals surface area contributed by atoms with E-state index in [1.165, 1.54) is 96.1 Å². The van der Waals surface area contributed by atoms with Crippen LogP contribution < -0.4 is 9.80 Å². The second-order valence-corrected chi connectivity index (χ2v) is 23.1. The van der Waals surface area contributed by atoms with Gasteiger partial charge in [0, 0.05) is 31.9 Å². The molecule has 4 heteroatoms. The topological polar surface area (TPSA) is 19.4 Å². The predicted molar refractivity (Wildman–Crippen MR) is 337 cm³/mol. The van der Waals surface area contributed by atoms with Crippen LogP contribution in [0.5, 0.6) is 0 Å². The minimum Gasteiger partial charge on any atom is -0.518 e. The molecule has 2 fully saturated rings. The molecule has 3 heterocycles. The second-order valence-electron chi connectivity index (χ2n) is 23.1. The Balaban J connectivity index is 0.00000631. The zero-order chi connectivity index (χ0) is 54.5. The molecule has 3 nitrogen and oxygen atoms in total. The molecule has 14 rings (SSSR count). The molecule has 0 amide bonds. The minimum absolute atomic E-state index is 0. The number of benzene rings is 9. The Hall–Kier alpha value is -8.14. The normalized spacial score (nSPS) is 15.9. The van der Waals surface area contributed by atoms with Gasteiger partial charge in [0.1, 0.15) is 0 Å². The summed E-state index contributed by atoms with van der Waals surface area (Å²) in [6.07, 6.45) is 17.1. The third-order valence-electron chi connectivity index (χ3n) is 17.8. The van der Waals surface area contributed by atoms with Crippen molar-refractivity contribution in [3.63, 3.8) is 0 Å². The SMILES string of the molecule is CC1=CC2([CH-]N1c1[c-]cc(-c3ccccc3-c3cc(-c4ccccc4-c4c[c-]c(N5[CH-]C6(C=C5C)CCCC6)cc4)cc(-c4ccccc4-c4cnc(-c5[c-]ccc(-c6ccc(-c7ccccc7)cc6)c5)cc4C)c3)cc1)CCCC2.[Ir]. The smallest absolute Gasteiger partial charge is 0.0242 e. The largest absolute Gasteiger partial charge is 0.518 e. The number of anilines is 2. The molecular weight excluding hydrogens is 1170 g/mol. The van der Waals surface area contributed by atoms with Gasteiger partial charge in [0.05, 0.1) is 0 Å². The van der Waals surface area contributed by atoms with Crippen LogP contribution in [0.1, 0.15) is 70.8 Å². The number of allylic oxidation sites excluding steroid dienone is 2. The van der Waals surface area contributed by atoms with Gasteiger partial charge in [-0.15, -0.1) is 80.9 Å². The fraction of sp³-hybridized carbons (Fsp3) is 0.167. The Morgan fingerprint density at radius 1 is 0.390 bits per heavy atom. The minimum atomic E-state index is 0. The summed E-state index contributed by atoms with van der Waals surface area (Å²) in [6, 6.07) is 86.1. The second kappa shape index (κ2) is 22.3. The van der Waals surface area contributed by atoms with Gasteiger partial charge in [0.2, 0.25) is 0 Å². The number of hydrogen-bond acceptors (Lipinski definition) is 3. The first-order valence-electron chi connectivity index (χ1n) is 29.1. The standard InChI is InChI=1S/C78H64N3.Ir/c1-54-44-76(63-21-17-20-62(45-63)59-30-28-58(29-31-59)57-18-5-4-6-19-57)79-51-75(54)74-27-12-11-26-73(74)66-47-64(71-24-9-7-22-69(71)60-32-36-67(37-33-60)80-52-77(49-55(80)2)40-13-14-41-77)46-65(48-66)72-25-10-8-23-70(72)61-34-38-68(39-35-61)81-53-78(50-56(81)3)42-15-16-43-78;/h4-12,17-20,22-36,38,44-53H,13-16,40-43H2,1-3H3;/q-5;. The fourth-order valence-corrected chi connectivity index (χ4v) is 13.7. The van der Waals surface area contributed by atoms with Crippen molar-refractivity contribution in [3.05, 3.63) is 273 Å². The van der Waals surface area contributed by atoms with Crippen molar-refractivity contribution in [3.8, 4) is 100 Å². The van der Waals surface area contributed by atoms with Crippen LogP contribution in [0.25, 0.3) is 100 Å². The third-order valence-corrected chi connectivity index (χ3v) is 17.8. The van der Waals surface area contributed by atoms with Crippen molar-refractivity contribution in [1.29, 1.82) is 0 Å². The van der Waals surface area contributed by atoms with Crippen molar-refractivity contribution < 1.29 is 20.1 Å². The Bertz CT molecular complexity index is 3880. The van der Waals surface area contributed by atoms with Crippen LogP contribution in [0.4, 0.5) is 11.4 Å². The maximum absolute atomic E-state index is 5.18. The molecule has 9 aromatic carbocycles. The summed E-state index contributed by atoms with van der Waals surface area (Å²) in [6.45, 7) is 11.6. The van der Waals surface area contributed by atoms with Crippen molar-refractivity contribution >= 4 is 11.4 Å². The van der Waals surface area contributed by atoms with E-state index in [9.17, 15) is 0 Å². The number of aryl methyl sites for hydroxylation is 1. The van der Waals surface area contributed by atoms with Crippen LogP contribution in [-0.2, 0) is 20.1 Å². The van der Waals surface area contributed by atoms with Gasteiger partial charge in [-0.1, -0.05) is 208 Å². The van der Waals surface area contributed by atoms with E-state index in [0.717, 1.165) is 83.8 Å². The summed E-state index contributed by atoms with van der Waals surface area (Å²) in [5, 5.41) is 0. The van der Waals surface area contributed by atoms with Crippen LogP contribution >= 0.6 is 0 Å². The molecule has 2 aliphatic heterocycles. The van der Waals surface area contributed by atoms with E-state index in [4.69, 9.17) is 4.98 Å². The van der Waals surface area contributed by atoms with E-state index >= 15 is 0 Å². The van der Waals surface area contributed by atoms with Crippen LogP contribution in [0, 0.1) is 49.0 Å². The van der Waals surface area contributed by atoms with Crippen molar-refractivity contribution in [1.82, 2.24) is 4.98 Å². The number of rotatable bonds is 11. The molecule has 1 aromatic heterocycles. The van der Waals surface area contributed by atoms with Crippen LogP contribution in [-0.4, -0.2) is 4.98 Å². The molecule has 0 N–H and O–H groups in total. The first-order valence-corrected chi connectivity index (χ1v) is 29.1. The van der Waals surface area contributed by atoms with Gasteiger partial charge in [0.25, 0.3) is 0 Å². The Labute approximate surface area is 499 Å². The first-order chi connectivity index (χ1) is 39.7. The van der Waals surface area contributed by atoms with Gasteiger partial charge in [-0.05, 0) is 117 Å². The number of hydrogen-bond donors (Lipinski definition) is 0. The number of nitrogens with zero attached hydrogens (tertiary/aromatic N) is 3. The van der Waals surface area contributed by atoms with Crippen LogP contribution in [0.15, 0.2) is 236 Å². The Morgan fingerprint density at radius 3 is 1.27 bits per heavy atom. The summed E-state index contributed by atoms with van der Waals surface area (Å²) < 4.78 is 0. The van der Waals surface area contributed by atoms with Crippen molar-refractivity contribution in [2.45, 2.75) is 72.1 Å². The van der Waals surface area contributed by atoms with Gasteiger partial charge >= 0.3 is 0 Å². The molecule has 1 radical (unpaired) electrons. The van der Waals surface area contributed by atoms with Crippen LogP contribution in [0.2, 0.25) is 0 Å². The van der Waals surface area contributed by atoms with Crippen LogP contribution in [0.3, 0.4) is 0 Å². The monoisotopic (exact) mass is 1240 g/mol. The molecule has 2 spiro atoms. The molecule has 0 atom stereocenters. The molecule has 4 aliphatic rings. The quantitative estimate of drug-likeness (QED) is 0.120. The molecule has 2 saturated carbocycles. The molecule has 0 bridgehead atoms. The van der Waals surface area contributed by atoms with E-state index in [1.54, 1.807) is 0 Å². The zero-order valence-electron chi connectivity index (χ0n) is 46.8. The number of pyridine rings is 1. The van der Waals surface area contributed by atoms with E-state index in [2.05, 4.69) is 280 Å². The van der Waals surface area contributed by atoms with Gasteiger partial charge in [-0.3, -0.25) is 0 Å². The van der Waals surface area contributed by atoms with Crippen molar-refractivity contribution in [2.24, 2.45) is 10.8 Å². The Morgan fingerprint density at radius 2 is 0.805 bits per heavy atom. The average Bonchev–Trinajstić information content (AvgIpc) is 4.49. The number of aromatic nitrogens is 1. The van der Waals surface area contributed by atoms with Gasteiger partial charge in [-0.25, -0.2) is 13.1 Å². The van der Waals surface area contributed by atoms with E-state index < -0.39 is 0 Å². The summed E-state index contributed by atoms with van der Waals surface area (Å²) in [4.78, 5) is 9.91. The maximum Gasteiger partial charge on any atom is 0.0242 e. The van der Waals surface area contributed by atoms with Gasteiger partial charge in [0.15, 0.2) is 0 Å². The summed E-state index contributed by atoms with van der Waals surface area (Å²) >= 11 is 0. The van der Waals surface area contributed by atoms with Gasteiger partial charge in [-0.2, -0.15) is 36.4 Å². The molecule has 10 aromatic rings. The van der Waals surface area contributed by atoms with Gasteiger partial charge < -0.3 is 14.8 Å². The molecule has 82 heavy (non-hydrogen) atoms. The zero-order valence-corrected chi connectivity index (χ0v) is 49.2. The van der Waals surface area contributed by atoms with E-state index in [-0.39, 0.29) is 30.9 Å². The predicted octanol–water partition coefficient (Wildman–Crippen LogP) is 20.7. The molecule has 2 aliphatic carbocycles. The van der Waals surface area contributed by atoms with E-state index in [1.807, 2.05) is 6.07 Å². The Kier molecular flexibility index (Phi) is 14.5. The summed E-state index contributed by atoms with van der Waals surface area (Å²) in [5.74, 6) is 0. The third kappa shape index (κ3) is 10.2. The summed E-state index contributed by atoms with van der Waals surface area (Å²) in [7, 11) is 0. The average molecular weight is 1240 g/mol.